The summed E-state index contributed by atoms with van der Waals surface area (Å²) in [5.41, 5.74) is 1.15. The second-order valence-electron chi connectivity index (χ2n) is 4.10. The molecule has 0 saturated heterocycles. The highest BCUT2D eigenvalue weighted by Gasteiger charge is 2.22. The van der Waals surface area contributed by atoms with Gasteiger partial charge in [0.2, 0.25) is 0 Å². The van der Waals surface area contributed by atoms with Gasteiger partial charge in [0.15, 0.2) is 5.65 Å². The zero-order valence-corrected chi connectivity index (χ0v) is 8.76. The number of nitrogens with one attached hydrogen (secondary N) is 1. The molecule has 1 amide bonds. The largest absolute Gasteiger partial charge is 0.352 e. The number of carbonyl (C=O) groups is 1. The van der Waals surface area contributed by atoms with E-state index in [4.69, 9.17) is 0 Å². The maximum Gasteiger partial charge on any atom is 0.256 e. The molecule has 1 saturated carbocycles. The molecule has 0 aromatic carbocycles. The molecular formula is C11H12N4O. The number of rotatable bonds is 3. The zero-order chi connectivity index (χ0) is 11.0. The summed E-state index contributed by atoms with van der Waals surface area (Å²) in [5.74, 6) is 0.597. The second kappa shape index (κ2) is 3.59. The Hall–Kier alpha value is -1.91. The molecule has 82 valence electrons. The van der Waals surface area contributed by atoms with Crippen LogP contribution in [0.5, 0.6) is 0 Å². The fraction of sp³-hybridized carbons (Fsp3) is 0.364. The molecule has 0 radical (unpaired) electrons. The van der Waals surface area contributed by atoms with Crippen LogP contribution in [0.25, 0.3) is 5.65 Å². The van der Waals surface area contributed by atoms with Gasteiger partial charge in [-0.05, 0) is 24.8 Å². The van der Waals surface area contributed by atoms with E-state index in [0.717, 1.165) is 6.54 Å². The highest BCUT2D eigenvalue weighted by molar-refractivity contribution is 5.99. The Morgan fingerprint density at radius 2 is 2.44 bits per heavy atom. The van der Waals surface area contributed by atoms with Crippen LogP contribution in [0.2, 0.25) is 0 Å². The number of carbonyl (C=O) groups excluding carboxylic acids is 1. The van der Waals surface area contributed by atoms with Gasteiger partial charge in [-0.15, -0.1) is 0 Å². The van der Waals surface area contributed by atoms with Crippen molar-refractivity contribution in [3.05, 3.63) is 30.2 Å². The Bertz CT molecular complexity index is 530. The number of fused-ring (bicyclic) bond motifs is 1. The van der Waals surface area contributed by atoms with Gasteiger partial charge >= 0.3 is 0 Å². The molecule has 2 heterocycles. The summed E-state index contributed by atoms with van der Waals surface area (Å²) < 4.78 is 1.60. The quantitative estimate of drug-likeness (QED) is 0.828. The third kappa shape index (κ3) is 1.64. The zero-order valence-electron chi connectivity index (χ0n) is 8.76. The molecular weight excluding hydrogens is 204 g/mol. The lowest BCUT2D eigenvalue weighted by Crippen LogP contribution is -2.25. The predicted molar refractivity (Wildman–Crippen MR) is 58.0 cm³/mol. The first-order chi connectivity index (χ1) is 7.84. The first-order valence-electron chi connectivity index (χ1n) is 5.41. The van der Waals surface area contributed by atoms with Crippen LogP contribution >= 0.6 is 0 Å². The van der Waals surface area contributed by atoms with Crippen LogP contribution in [0, 0.1) is 5.92 Å². The fourth-order valence-corrected chi connectivity index (χ4v) is 1.64. The van der Waals surface area contributed by atoms with Gasteiger partial charge < -0.3 is 5.32 Å². The second-order valence-corrected chi connectivity index (χ2v) is 4.10. The molecule has 0 aliphatic heterocycles. The molecule has 5 heteroatoms. The highest BCUT2D eigenvalue weighted by Crippen LogP contribution is 2.27. The Kier molecular flexibility index (Phi) is 2.09. The lowest BCUT2D eigenvalue weighted by atomic mass is 10.3. The summed E-state index contributed by atoms with van der Waals surface area (Å²) in [5, 5.41) is 6.98. The van der Waals surface area contributed by atoms with Crippen LogP contribution in [0.3, 0.4) is 0 Å². The van der Waals surface area contributed by atoms with Crippen LogP contribution in [0.1, 0.15) is 23.2 Å². The maximum absolute atomic E-state index is 11.8. The SMILES string of the molecule is O=C(NCC1CC1)c1cnn2cccnc12. The van der Waals surface area contributed by atoms with Crippen molar-refractivity contribution in [3.8, 4) is 0 Å². The lowest BCUT2D eigenvalue weighted by Gasteiger charge is -2.01. The van der Waals surface area contributed by atoms with Crippen LogP contribution in [-0.4, -0.2) is 27.0 Å². The molecule has 2 aromatic rings. The molecule has 1 N–H and O–H groups in total. The van der Waals surface area contributed by atoms with Gasteiger partial charge in [-0.25, -0.2) is 9.50 Å². The Balaban J connectivity index is 1.83. The summed E-state index contributed by atoms with van der Waals surface area (Å²) in [6.45, 7) is 0.767. The van der Waals surface area contributed by atoms with Crippen molar-refractivity contribution in [2.45, 2.75) is 12.8 Å². The summed E-state index contributed by atoms with van der Waals surface area (Å²) in [6, 6.07) is 1.78. The number of hydrogen-bond donors (Lipinski definition) is 1. The van der Waals surface area contributed by atoms with Gasteiger partial charge in [0.25, 0.3) is 5.91 Å². The summed E-state index contributed by atoms with van der Waals surface area (Å²) in [4.78, 5) is 16.0. The third-order valence-electron chi connectivity index (χ3n) is 2.77. The van der Waals surface area contributed by atoms with E-state index < -0.39 is 0 Å². The summed E-state index contributed by atoms with van der Waals surface area (Å²) >= 11 is 0. The molecule has 0 bridgehead atoms. The van der Waals surface area contributed by atoms with Crippen molar-refractivity contribution in [1.29, 1.82) is 0 Å². The van der Waals surface area contributed by atoms with E-state index in [1.54, 1.807) is 29.2 Å². The van der Waals surface area contributed by atoms with Crippen molar-refractivity contribution < 1.29 is 4.79 Å². The first-order valence-corrected chi connectivity index (χ1v) is 5.41. The standard InChI is InChI=1S/C11H12N4O/c16-11(13-6-8-2-3-8)9-7-14-15-5-1-4-12-10(9)15/h1,4-5,7-8H,2-3,6H2,(H,13,16). The van der Waals surface area contributed by atoms with Crippen LogP contribution in [0.4, 0.5) is 0 Å². The van der Waals surface area contributed by atoms with Crippen molar-refractivity contribution in [1.82, 2.24) is 19.9 Å². The molecule has 1 aliphatic rings. The molecule has 1 fully saturated rings. The molecule has 0 atom stereocenters. The van der Waals surface area contributed by atoms with E-state index in [9.17, 15) is 4.79 Å². The Labute approximate surface area is 92.5 Å². The molecule has 16 heavy (non-hydrogen) atoms. The van der Waals surface area contributed by atoms with E-state index in [0.29, 0.717) is 17.1 Å². The fourth-order valence-electron chi connectivity index (χ4n) is 1.64. The third-order valence-corrected chi connectivity index (χ3v) is 2.77. The van der Waals surface area contributed by atoms with Crippen LogP contribution in [-0.2, 0) is 0 Å². The number of nitrogens with zero attached hydrogens (tertiary/aromatic N) is 3. The smallest absolute Gasteiger partial charge is 0.256 e. The van der Waals surface area contributed by atoms with Gasteiger partial charge in [0.05, 0.1) is 6.20 Å². The van der Waals surface area contributed by atoms with E-state index in [1.165, 1.54) is 12.8 Å². The van der Waals surface area contributed by atoms with E-state index in [2.05, 4.69) is 15.4 Å². The molecule has 1 aliphatic carbocycles. The van der Waals surface area contributed by atoms with Gasteiger partial charge in [0, 0.05) is 18.9 Å². The minimum absolute atomic E-state index is 0.0828. The minimum atomic E-state index is -0.0828. The number of hydrogen-bond acceptors (Lipinski definition) is 3. The van der Waals surface area contributed by atoms with Crippen LogP contribution in [0.15, 0.2) is 24.7 Å². The molecule has 0 spiro atoms. The molecule has 0 unspecified atom stereocenters. The van der Waals surface area contributed by atoms with Crippen molar-refractivity contribution in [3.63, 3.8) is 0 Å². The molecule has 3 rings (SSSR count). The van der Waals surface area contributed by atoms with Gasteiger partial charge in [0.1, 0.15) is 5.56 Å². The number of amides is 1. The Morgan fingerprint density at radius 1 is 1.56 bits per heavy atom. The van der Waals surface area contributed by atoms with Crippen LogP contribution < -0.4 is 5.32 Å². The highest BCUT2D eigenvalue weighted by atomic mass is 16.1. The normalized spacial score (nSPS) is 15.2. The van der Waals surface area contributed by atoms with E-state index >= 15 is 0 Å². The van der Waals surface area contributed by atoms with Gasteiger partial charge in [-0.2, -0.15) is 5.10 Å². The van der Waals surface area contributed by atoms with Crippen molar-refractivity contribution in [2.75, 3.05) is 6.54 Å². The molecule has 5 nitrogen and oxygen atoms in total. The van der Waals surface area contributed by atoms with Crippen molar-refractivity contribution in [2.24, 2.45) is 5.92 Å². The Morgan fingerprint density at radius 3 is 3.25 bits per heavy atom. The van der Waals surface area contributed by atoms with E-state index in [1.807, 2.05) is 0 Å². The average Bonchev–Trinajstić information content (AvgIpc) is 3.04. The van der Waals surface area contributed by atoms with Gasteiger partial charge in [-0.1, -0.05) is 0 Å². The summed E-state index contributed by atoms with van der Waals surface area (Å²) in [6.07, 6.45) is 7.46. The average molecular weight is 216 g/mol. The van der Waals surface area contributed by atoms with Gasteiger partial charge in [-0.3, -0.25) is 4.79 Å². The molecule has 2 aromatic heterocycles. The predicted octanol–water partition coefficient (Wildman–Crippen LogP) is 0.869. The number of aromatic nitrogens is 3. The minimum Gasteiger partial charge on any atom is -0.352 e. The maximum atomic E-state index is 11.8. The van der Waals surface area contributed by atoms with E-state index in [-0.39, 0.29) is 5.91 Å². The topological polar surface area (TPSA) is 59.3 Å². The first kappa shape index (κ1) is 9.33. The summed E-state index contributed by atoms with van der Waals surface area (Å²) in [7, 11) is 0. The van der Waals surface area contributed by atoms with Crippen molar-refractivity contribution >= 4 is 11.6 Å². The monoisotopic (exact) mass is 216 g/mol. The lowest BCUT2D eigenvalue weighted by molar-refractivity contribution is 0.0953.